The van der Waals surface area contributed by atoms with Crippen molar-refractivity contribution in [1.82, 2.24) is 9.80 Å². The first kappa shape index (κ1) is 99.2. The molecule has 0 spiro atoms. The minimum Gasteiger partial charge on any atom is -0.325 e. The second-order valence-electron chi connectivity index (χ2n) is 25.5. The lowest BCUT2D eigenvalue weighted by atomic mass is 9.12. The van der Waals surface area contributed by atoms with Gasteiger partial charge in [0.15, 0.2) is 153 Å². The van der Waals surface area contributed by atoms with Gasteiger partial charge in [-0.3, -0.25) is 9.80 Å². The molecular weight excluding hydrogens is 1830 g/mol. The quantitative estimate of drug-likeness (QED) is 0.0549. The summed E-state index contributed by atoms with van der Waals surface area (Å²) in [4.78, 5) is 2.87. The van der Waals surface area contributed by atoms with Crippen LogP contribution >= 0.6 is 0 Å². The zero-order valence-corrected chi connectivity index (χ0v) is 57.2. The Labute approximate surface area is 639 Å². The standard InChI is InChI=1S/2C24BF20.2C8H12F6N2/c2*26-5-1(6(27)14(35)21(42)13(5)34)25(2-7(28)15(36)22(43)16(37)8(2)29,3-9(30)17(38)23(44)18(39)10(3)31)4-11(32)19(40)24(45)20(41)12(4)33;2*9-7(10,11)5-15-1-2-16(4-3-15)6-8(12,13)14/h;;2*1-6H2/q2*-1;;/p+2. The Morgan fingerprint density at radius 3 is 0.352 bits per heavy atom. The summed E-state index contributed by atoms with van der Waals surface area (Å²) in [7, 11) is 0. The van der Waals surface area contributed by atoms with Crippen LogP contribution in [0.3, 0.4) is 0 Å². The third kappa shape index (κ3) is 18.0. The van der Waals surface area contributed by atoms with Crippen molar-refractivity contribution in [2.45, 2.75) is 24.7 Å². The Bertz CT molecular complexity index is 4250. The number of alkyl halides is 12. The van der Waals surface area contributed by atoms with Crippen LogP contribution < -0.4 is 53.5 Å². The third-order valence-corrected chi connectivity index (χ3v) is 18.2. The predicted molar refractivity (Wildman–Crippen MR) is 307 cm³/mol. The van der Waals surface area contributed by atoms with E-state index in [2.05, 4.69) is 0 Å². The van der Waals surface area contributed by atoms with Crippen LogP contribution in [0.5, 0.6) is 0 Å². The van der Waals surface area contributed by atoms with Crippen LogP contribution in [-0.4, -0.2) is 125 Å². The molecule has 0 amide bonds. The van der Waals surface area contributed by atoms with E-state index >= 15 is 70.2 Å². The molecule has 0 bridgehead atoms. The molecule has 10 rings (SSSR count). The molecule has 2 heterocycles. The topological polar surface area (TPSA) is 15.4 Å². The minimum atomic E-state index is -7.22. The average Bonchev–Trinajstić information content (AvgIpc) is 0.684. The number of hydrogen-bond donors (Lipinski definition) is 2. The molecule has 4 nitrogen and oxygen atoms in total. The van der Waals surface area contributed by atoms with Crippen molar-refractivity contribution in [2.24, 2.45) is 0 Å². The highest BCUT2D eigenvalue weighted by Crippen LogP contribution is 2.35. The van der Waals surface area contributed by atoms with Crippen LogP contribution in [0.2, 0.25) is 0 Å². The highest BCUT2D eigenvalue weighted by molar-refractivity contribution is 7.21. The van der Waals surface area contributed by atoms with Crippen molar-refractivity contribution < 1.29 is 238 Å². The molecule has 0 aromatic heterocycles. The summed E-state index contributed by atoms with van der Waals surface area (Å²) in [6.45, 7) is -3.33. The molecule has 0 saturated carbocycles. The van der Waals surface area contributed by atoms with Gasteiger partial charge in [-0.15, -0.1) is 43.7 Å². The molecule has 0 aliphatic carbocycles. The second kappa shape index (κ2) is 35.7. The number of nitrogens with one attached hydrogen (secondary N) is 2. The van der Waals surface area contributed by atoms with E-state index in [1.165, 1.54) is 0 Å². The van der Waals surface area contributed by atoms with Crippen molar-refractivity contribution in [3.8, 4) is 0 Å². The van der Waals surface area contributed by atoms with Crippen LogP contribution in [0.15, 0.2) is 0 Å². The van der Waals surface area contributed by atoms with E-state index in [0.717, 1.165) is 9.80 Å². The first-order valence-electron chi connectivity index (χ1n) is 31.6. The first-order chi connectivity index (χ1) is 55.7. The lowest BCUT2D eigenvalue weighted by Crippen LogP contribution is -3.16. The summed E-state index contributed by atoms with van der Waals surface area (Å²) >= 11 is 0. The molecular formula is C64H26B2F52N4. The number of benzene rings is 8. The van der Waals surface area contributed by atoms with Gasteiger partial charge >= 0.3 is 24.7 Å². The zero-order chi connectivity index (χ0) is 93.5. The monoisotopic (exact) mass is 1860 g/mol. The zero-order valence-electron chi connectivity index (χ0n) is 57.2. The molecule has 0 radical (unpaired) electrons. The van der Waals surface area contributed by atoms with Crippen molar-refractivity contribution in [2.75, 3.05) is 78.5 Å². The number of hydrogen-bond acceptors (Lipinski definition) is 2. The average molecular weight is 1860 g/mol. The molecule has 2 aliphatic rings. The summed E-state index contributed by atoms with van der Waals surface area (Å²) in [6.07, 6.45) is -31.5. The Balaban J connectivity index is 0.000000248. The SMILES string of the molecule is FC(F)(F)CN1CC[NH+](CC(F)(F)F)CC1.FC(F)(F)CN1CC[NH+](CC(F)(F)F)CC1.Fc1c(F)c(F)c([B-](c2c(F)c(F)c(F)c(F)c2F)(c2c(F)c(F)c(F)c(F)c2F)c2c(F)c(F)c(F)c(F)c2F)c(F)c1F.Fc1c(F)c(F)c([B-](c2c(F)c(F)c(F)c(F)c2F)(c2c(F)c(F)c(F)c(F)c2F)c2c(F)c(F)c(F)c(F)c2F)c(F)c1F. The van der Waals surface area contributed by atoms with Crippen LogP contribution in [0.25, 0.3) is 0 Å². The maximum absolute atomic E-state index is 15.4. The van der Waals surface area contributed by atoms with E-state index in [4.69, 9.17) is 0 Å². The molecule has 122 heavy (non-hydrogen) atoms. The smallest absolute Gasteiger partial charge is 0.325 e. The van der Waals surface area contributed by atoms with Crippen molar-refractivity contribution in [3.63, 3.8) is 0 Å². The Hall–Kier alpha value is -9.91. The summed E-state index contributed by atoms with van der Waals surface area (Å²) in [5.41, 5.74) is -28.7. The molecule has 2 saturated heterocycles. The van der Waals surface area contributed by atoms with Crippen LogP contribution in [0.4, 0.5) is 228 Å². The van der Waals surface area contributed by atoms with Crippen molar-refractivity contribution in [1.29, 1.82) is 0 Å². The third-order valence-electron chi connectivity index (χ3n) is 18.2. The van der Waals surface area contributed by atoms with Crippen LogP contribution in [0, 0.1) is 233 Å². The Kier molecular flexibility index (Phi) is 29.1. The molecule has 8 aromatic rings. The largest absolute Gasteiger partial charge is 0.438 e. The molecule has 672 valence electrons. The van der Waals surface area contributed by atoms with Crippen molar-refractivity contribution >= 4 is 56.0 Å². The fourth-order valence-corrected chi connectivity index (χ4v) is 13.2. The normalized spacial score (nSPS) is 14.5. The lowest BCUT2D eigenvalue weighted by molar-refractivity contribution is -0.914. The minimum absolute atomic E-state index is 0.0604. The summed E-state index contributed by atoms with van der Waals surface area (Å²) in [5.74, 6) is -143. The van der Waals surface area contributed by atoms with Gasteiger partial charge in [0.05, 0.1) is 39.3 Å². The number of quaternary nitrogens is 2. The Morgan fingerprint density at radius 1 is 0.164 bits per heavy atom. The second-order valence-corrected chi connectivity index (χ2v) is 25.5. The number of nitrogens with zero attached hydrogens (tertiary/aromatic N) is 2. The number of piperazine rings is 2. The van der Waals surface area contributed by atoms with Gasteiger partial charge in [0, 0.05) is 26.2 Å². The van der Waals surface area contributed by atoms with Gasteiger partial charge in [-0.25, -0.2) is 176 Å². The van der Waals surface area contributed by atoms with Gasteiger partial charge < -0.3 is 9.80 Å². The van der Waals surface area contributed by atoms with E-state index in [9.17, 15) is 158 Å². The van der Waals surface area contributed by atoms with Gasteiger partial charge in [0.1, 0.15) is 105 Å². The van der Waals surface area contributed by atoms with Crippen molar-refractivity contribution in [3.05, 3.63) is 233 Å². The van der Waals surface area contributed by atoms with E-state index in [0.29, 0.717) is 9.80 Å². The highest BCUT2D eigenvalue weighted by Gasteiger charge is 2.56. The fourth-order valence-electron chi connectivity index (χ4n) is 13.2. The predicted octanol–water partition coefficient (Wildman–Crippen LogP) is 12.3. The Morgan fingerprint density at radius 2 is 0.262 bits per heavy atom. The summed E-state index contributed by atoms with van der Waals surface area (Å²) < 4.78 is 732. The van der Waals surface area contributed by atoms with Gasteiger partial charge in [-0.2, -0.15) is 52.7 Å². The van der Waals surface area contributed by atoms with E-state index < -0.39 is 340 Å². The van der Waals surface area contributed by atoms with Crippen LogP contribution in [-0.2, 0) is 0 Å². The summed E-state index contributed by atoms with van der Waals surface area (Å²) in [5, 5.41) is 0. The first-order valence-corrected chi connectivity index (χ1v) is 31.6. The molecule has 2 fully saturated rings. The molecule has 58 heteroatoms. The van der Waals surface area contributed by atoms with Gasteiger partial charge in [0.25, 0.3) is 0 Å². The number of rotatable bonds is 12. The molecule has 0 atom stereocenters. The maximum atomic E-state index is 15.4. The van der Waals surface area contributed by atoms with Crippen LogP contribution in [0.1, 0.15) is 0 Å². The maximum Gasteiger partial charge on any atom is 0.438 e. The highest BCUT2D eigenvalue weighted by atomic mass is 19.4. The number of halogens is 52. The van der Waals surface area contributed by atoms with E-state index in [1.54, 1.807) is 0 Å². The fraction of sp³-hybridized carbons (Fsp3) is 0.250. The molecule has 2 N–H and O–H groups in total. The summed E-state index contributed by atoms with van der Waals surface area (Å²) in [6, 6.07) is 0. The molecule has 8 aromatic carbocycles. The van der Waals surface area contributed by atoms with Gasteiger partial charge in [-0.05, 0) is 0 Å². The van der Waals surface area contributed by atoms with Gasteiger partial charge in [-0.1, -0.05) is 0 Å². The van der Waals surface area contributed by atoms with E-state index in [-0.39, 0.29) is 52.4 Å². The van der Waals surface area contributed by atoms with E-state index in [1.807, 2.05) is 0 Å². The molecule has 2 aliphatic heterocycles. The molecule has 0 unspecified atom stereocenters. The van der Waals surface area contributed by atoms with Gasteiger partial charge in [0.2, 0.25) is 0 Å². The lowest BCUT2D eigenvalue weighted by Gasteiger charge is -2.44.